The van der Waals surface area contributed by atoms with Gasteiger partial charge in [-0.2, -0.15) is 5.10 Å². The summed E-state index contributed by atoms with van der Waals surface area (Å²) < 4.78 is 1.52. The van der Waals surface area contributed by atoms with Crippen molar-refractivity contribution in [3.63, 3.8) is 0 Å². The number of hydrogen-bond donors (Lipinski definition) is 1. The van der Waals surface area contributed by atoms with E-state index in [9.17, 15) is 4.79 Å². The molecule has 66 valence electrons. The zero-order chi connectivity index (χ0) is 9.42. The molecule has 0 radical (unpaired) electrons. The van der Waals surface area contributed by atoms with Crippen LogP contribution in [0.3, 0.4) is 0 Å². The van der Waals surface area contributed by atoms with E-state index in [1.54, 1.807) is 18.3 Å². The van der Waals surface area contributed by atoms with Gasteiger partial charge in [-0.15, -0.1) is 0 Å². The van der Waals surface area contributed by atoms with Crippen molar-refractivity contribution in [2.45, 2.75) is 0 Å². The highest BCUT2D eigenvalue weighted by atomic mass is 35.5. The summed E-state index contributed by atoms with van der Waals surface area (Å²) in [7, 11) is 0. The van der Waals surface area contributed by atoms with Gasteiger partial charge in [0.15, 0.2) is 5.15 Å². The number of aromatic carboxylic acids is 1. The number of carbonyl (C=O) groups is 1. The molecule has 0 unspecified atom stereocenters. The van der Waals surface area contributed by atoms with E-state index < -0.39 is 5.97 Å². The van der Waals surface area contributed by atoms with Crippen LogP contribution in [0.4, 0.5) is 0 Å². The summed E-state index contributed by atoms with van der Waals surface area (Å²) in [5.41, 5.74) is 0.731. The number of hydrogen-bond acceptors (Lipinski definition) is 2. The van der Waals surface area contributed by atoms with Crippen LogP contribution < -0.4 is 0 Å². The Kier molecular flexibility index (Phi) is 1.70. The quantitative estimate of drug-likeness (QED) is 0.755. The van der Waals surface area contributed by atoms with Crippen LogP contribution in [0.25, 0.3) is 5.52 Å². The Labute approximate surface area is 78.4 Å². The lowest BCUT2D eigenvalue weighted by molar-refractivity contribution is 0.0696. The van der Waals surface area contributed by atoms with Gasteiger partial charge >= 0.3 is 5.97 Å². The first-order chi connectivity index (χ1) is 6.18. The number of fused-ring (bicyclic) bond motifs is 1. The summed E-state index contributed by atoms with van der Waals surface area (Å²) in [5, 5.41) is 12.6. The molecule has 0 aliphatic carbocycles. The Morgan fingerprint density at radius 3 is 3.08 bits per heavy atom. The molecular weight excluding hydrogens is 192 g/mol. The zero-order valence-corrected chi connectivity index (χ0v) is 7.19. The lowest BCUT2D eigenvalue weighted by Gasteiger charge is -1.99. The molecule has 0 atom stereocenters. The smallest absolute Gasteiger partial charge is 0.338 e. The average molecular weight is 197 g/mol. The molecule has 0 saturated heterocycles. The van der Waals surface area contributed by atoms with Gasteiger partial charge in [-0.25, -0.2) is 9.31 Å². The van der Waals surface area contributed by atoms with E-state index in [1.807, 2.05) is 0 Å². The Balaban J connectivity index is 2.76. The SMILES string of the molecule is O=C(O)c1cc2cccn2nc1Cl. The number of rotatable bonds is 1. The first-order valence-electron chi connectivity index (χ1n) is 3.55. The van der Waals surface area contributed by atoms with Gasteiger partial charge in [0.25, 0.3) is 0 Å². The Bertz CT molecular complexity index is 478. The van der Waals surface area contributed by atoms with Crippen LogP contribution in [-0.2, 0) is 0 Å². The molecule has 13 heavy (non-hydrogen) atoms. The van der Waals surface area contributed by atoms with Gasteiger partial charge in [-0.3, -0.25) is 0 Å². The predicted molar refractivity (Wildman–Crippen MR) is 47.2 cm³/mol. The highest BCUT2D eigenvalue weighted by molar-refractivity contribution is 6.32. The molecular formula is C8H5ClN2O2. The van der Waals surface area contributed by atoms with E-state index in [4.69, 9.17) is 16.7 Å². The molecule has 0 aliphatic rings. The maximum absolute atomic E-state index is 10.7. The van der Waals surface area contributed by atoms with Crippen LogP contribution in [-0.4, -0.2) is 20.7 Å². The number of aromatic nitrogens is 2. The number of nitrogens with zero attached hydrogens (tertiary/aromatic N) is 2. The summed E-state index contributed by atoms with van der Waals surface area (Å²) in [5.74, 6) is -1.07. The summed E-state index contributed by atoms with van der Waals surface area (Å²) in [4.78, 5) is 10.7. The fourth-order valence-corrected chi connectivity index (χ4v) is 1.31. The third-order valence-electron chi connectivity index (χ3n) is 1.70. The van der Waals surface area contributed by atoms with Crippen molar-refractivity contribution in [2.24, 2.45) is 0 Å². The van der Waals surface area contributed by atoms with Crippen molar-refractivity contribution >= 4 is 23.1 Å². The van der Waals surface area contributed by atoms with Crippen LogP contribution in [0.1, 0.15) is 10.4 Å². The van der Waals surface area contributed by atoms with E-state index in [0.717, 1.165) is 0 Å². The normalized spacial score (nSPS) is 10.5. The Hall–Kier alpha value is -1.55. The molecule has 2 aromatic rings. The Morgan fingerprint density at radius 2 is 2.38 bits per heavy atom. The molecule has 5 heteroatoms. The topological polar surface area (TPSA) is 54.6 Å². The lowest BCUT2D eigenvalue weighted by atomic mass is 10.3. The standard InChI is InChI=1S/C8H5ClN2O2/c9-7-6(8(12)13)4-5-2-1-3-11(5)10-7/h1-4H,(H,12,13). The van der Waals surface area contributed by atoms with Gasteiger partial charge < -0.3 is 5.11 Å². The number of halogens is 1. The number of carboxylic acid groups (broad SMARTS) is 1. The molecule has 0 saturated carbocycles. The van der Waals surface area contributed by atoms with E-state index in [1.165, 1.54) is 10.6 Å². The molecule has 0 spiro atoms. The maximum Gasteiger partial charge on any atom is 0.338 e. The van der Waals surface area contributed by atoms with Gasteiger partial charge in [0.1, 0.15) is 5.56 Å². The molecule has 0 fully saturated rings. The van der Waals surface area contributed by atoms with Crippen LogP contribution in [0, 0.1) is 0 Å². The molecule has 0 aliphatic heterocycles. The van der Waals surface area contributed by atoms with Crippen molar-refractivity contribution in [1.82, 2.24) is 9.61 Å². The second kappa shape index (κ2) is 2.74. The maximum atomic E-state index is 10.7. The van der Waals surface area contributed by atoms with Crippen molar-refractivity contribution in [1.29, 1.82) is 0 Å². The third kappa shape index (κ3) is 1.25. The molecule has 0 amide bonds. The summed E-state index contributed by atoms with van der Waals surface area (Å²) in [6, 6.07) is 5.01. The van der Waals surface area contributed by atoms with Crippen LogP contribution in [0.2, 0.25) is 5.15 Å². The van der Waals surface area contributed by atoms with E-state index in [2.05, 4.69) is 5.10 Å². The minimum atomic E-state index is -1.07. The highest BCUT2D eigenvalue weighted by Gasteiger charge is 2.10. The lowest BCUT2D eigenvalue weighted by Crippen LogP contribution is -2.02. The fourth-order valence-electron chi connectivity index (χ4n) is 1.10. The van der Waals surface area contributed by atoms with Crippen molar-refractivity contribution < 1.29 is 9.90 Å². The zero-order valence-electron chi connectivity index (χ0n) is 6.44. The molecule has 4 nitrogen and oxygen atoms in total. The summed E-state index contributed by atoms with van der Waals surface area (Å²) in [6.45, 7) is 0. The third-order valence-corrected chi connectivity index (χ3v) is 1.98. The average Bonchev–Trinajstić information content (AvgIpc) is 2.48. The molecule has 2 aromatic heterocycles. The first kappa shape index (κ1) is 8.07. The van der Waals surface area contributed by atoms with Gasteiger partial charge in [-0.05, 0) is 18.2 Å². The predicted octanol–water partition coefficient (Wildman–Crippen LogP) is 1.69. The molecule has 1 N–H and O–H groups in total. The van der Waals surface area contributed by atoms with Crippen LogP contribution in [0.5, 0.6) is 0 Å². The van der Waals surface area contributed by atoms with E-state index >= 15 is 0 Å². The molecule has 2 heterocycles. The van der Waals surface area contributed by atoms with E-state index in [0.29, 0.717) is 5.52 Å². The van der Waals surface area contributed by atoms with Crippen LogP contribution in [0.15, 0.2) is 24.4 Å². The minimum absolute atomic E-state index is 0.00352. The van der Waals surface area contributed by atoms with Crippen molar-refractivity contribution in [2.75, 3.05) is 0 Å². The van der Waals surface area contributed by atoms with Crippen LogP contribution >= 0.6 is 11.6 Å². The van der Waals surface area contributed by atoms with Gasteiger partial charge in [0.2, 0.25) is 0 Å². The molecule has 2 rings (SSSR count). The largest absolute Gasteiger partial charge is 0.478 e. The second-order valence-corrected chi connectivity index (χ2v) is 2.89. The van der Waals surface area contributed by atoms with Crippen molar-refractivity contribution in [3.8, 4) is 0 Å². The van der Waals surface area contributed by atoms with Gasteiger partial charge in [0.05, 0.1) is 5.52 Å². The summed E-state index contributed by atoms with van der Waals surface area (Å²) in [6.07, 6.45) is 1.70. The number of carboxylic acids is 1. The molecule has 0 aromatic carbocycles. The Morgan fingerprint density at radius 1 is 1.62 bits per heavy atom. The van der Waals surface area contributed by atoms with E-state index in [-0.39, 0.29) is 10.7 Å². The van der Waals surface area contributed by atoms with Crippen molar-refractivity contribution in [3.05, 3.63) is 35.1 Å². The molecule has 0 bridgehead atoms. The summed E-state index contributed by atoms with van der Waals surface area (Å²) >= 11 is 5.64. The van der Waals surface area contributed by atoms with Gasteiger partial charge in [-0.1, -0.05) is 11.6 Å². The highest BCUT2D eigenvalue weighted by Crippen LogP contribution is 2.15. The fraction of sp³-hybridized carbons (Fsp3) is 0. The van der Waals surface area contributed by atoms with Gasteiger partial charge in [0, 0.05) is 6.20 Å². The monoisotopic (exact) mass is 196 g/mol. The first-order valence-corrected chi connectivity index (χ1v) is 3.93. The minimum Gasteiger partial charge on any atom is -0.478 e. The second-order valence-electron chi connectivity index (χ2n) is 2.53.